The number of rotatable bonds is 7. The maximum Gasteiger partial charge on any atom is 0.192 e. The van der Waals surface area contributed by atoms with E-state index in [1.165, 1.54) is 0 Å². The second-order valence-electron chi connectivity index (χ2n) is 7.66. The van der Waals surface area contributed by atoms with Crippen LogP contribution in [0.4, 0.5) is 0 Å². The van der Waals surface area contributed by atoms with Crippen molar-refractivity contribution < 1.29 is 5.11 Å². The number of hydrogen-bond donors (Lipinski definition) is 3. The van der Waals surface area contributed by atoms with E-state index in [0.717, 1.165) is 22.8 Å². The lowest BCUT2D eigenvalue weighted by Gasteiger charge is -2.26. The van der Waals surface area contributed by atoms with Crippen molar-refractivity contribution in [2.24, 2.45) is 12.0 Å². The number of aliphatic imine (C=N–C) groups is 1. The van der Waals surface area contributed by atoms with Gasteiger partial charge in [-0.05, 0) is 31.9 Å². The summed E-state index contributed by atoms with van der Waals surface area (Å²) in [7, 11) is 1.92. The van der Waals surface area contributed by atoms with Gasteiger partial charge < -0.3 is 20.3 Å². The van der Waals surface area contributed by atoms with Crippen LogP contribution in [0.25, 0.3) is 0 Å². The molecule has 0 bridgehead atoms. The van der Waals surface area contributed by atoms with E-state index in [4.69, 9.17) is 4.99 Å². The van der Waals surface area contributed by atoms with Crippen LogP contribution < -0.4 is 10.6 Å². The van der Waals surface area contributed by atoms with Crippen LogP contribution in [0.3, 0.4) is 0 Å². The van der Waals surface area contributed by atoms with Crippen LogP contribution in [-0.4, -0.2) is 32.4 Å². The van der Waals surface area contributed by atoms with Crippen molar-refractivity contribution in [1.82, 2.24) is 25.4 Å². The summed E-state index contributed by atoms with van der Waals surface area (Å²) in [6.07, 6.45) is 0. The smallest absolute Gasteiger partial charge is 0.192 e. The Morgan fingerprint density at radius 3 is 2.29 bits per heavy atom. The highest BCUT2D eigenvalue weighted by Crippen LogP contribution is 2.19. The minimum atomic E-state index is -1.04. The highest BCUT2D eigenvalue weighted by atomic mass is 127. The maximum absolute atomic E-state index is 10.9. The van der Waals surface area contributed by atoms with Crippen molar-refractivity contribution in [3.8, 4) is 0 Å². The van der Waals surface area contributed by atoms with Gasteiger partial charge in [0.05, 0.1) is 12.6 Å². The summed E-state index contributed by atoms with van der Waals surface area (Å²) in [5.41, 5.74) is 0.953. The third kappa shape index (κ3) is 6.76. The van der Waals surface area contributed by atoms with E-state index in [2.05, 4.69) is 39.9 Å². The van der Waals surface area contributed by atoms with Gasteiger partial charge >= 0.3 is 0 Å². The molecule has 0 saturated carbocycles. The summed E-state index contributed by atoms with van der Waals surface area (Å²) < 4.78 is 1.92. The molecule has 0 fully saturated rings. The van der Waals surface area contributed by atoms with Gasteiger partial charge in [-0.1, -0.05) is 60.7 Å². The first kappa shape index (κ1) is 24.8. The fourth-order valence-corrected chi connectivity index (χ4v) is 3.08. The zero-order valence-corrected chi connectivity index (χ0v) is 20.7. The van der Waals surface area contributed by atoms with Crippen molar-refractivity contribution in [3.63, 3.8) is 0 Å². The van der Waals surface area contributed by atoms with Gasteiger partial charge in [0.25, 0.3) is 0 Å². The SMILES string of the molecule is Cc1nnc(CN=C(NCC(C)(O)c2ccccc2)NC(C)c2ccccc2)n1C.I. The van der Waals surface area contributed by atoms with Gasteiger partial charge in [0, 0.05) is 7.05 Å². The summed E-state index contributed by atoms with van der Waals surface area (Å²) in [5, 5.41) is 25.9. The van der Waals surface area contributed by atoms with E-state index in [1.807, 2.05) is 67.1 Å². The van der Waals surface area contributed by atoms with Crippen LogP contribution in [0.2, 0.25) is 0 Å². The number of halogens is 1. The summed E-state index contributed by atoms with van der Waals surface area (Å²) in [5.74, 6) is 2.21. The second kappa shape index (κ2) is 11.2. The molecule has 2 aromatic carbocycles. The quantitative estimate of drug-likeness (QED) is 0.246. The van der Waals surface area contributed by atoms with Crippen molar-refractivity contribution in [2.45, 2.75) is 39.0 Å². The molecule has 0 amide bonds. The Morgan fingerprint density at radius 2 is 1.71 bits per heavy atom. The van der Waals surface area contributed by atoms with Crippen LogP contribution in [-0.2, 0) is 19.2 Å². The summed E-state index contributed by atoms with van der Waals surface area (Å²) >= 11 is 0. The van der Waals surface area contributed by atoms with Gasteiger partial charge in [0.2, 0.25) is 0 Å². The number of hydrogen-bond acceptors (Lipinski definition) is 4. The van der Waals surface area contributed by atoms with Gasteiger partial charge in [-0.2, -0.15) is 0 Å². The first-order valence-corrected chi connectivity index (χ1v) is 10.1. The van der Waals surface area contributed by atoms with Crippen molar-refractivity contribution in [1.29, 1.82) is 0 Å². The third-order valence-corrected chi connectivity index (χ3v) is 5.21. The van der Waals surface area contributed by atoms with Crippen LogP contribution in [0.15, 0.2) is 65.7 Å². The molecule has 0 aliphatic rings. The fourth-order valence-electron chi connectivity index (χ4n) is 3.08. The lowest BCUT2D eigenvalue weighted by atomic mass is 9.96. The Bertz CT molecular complexity index is 972. The molecule has 0 radical (unpaired) electrons. The topological polar surface area (TPSA) is 87.4 Å². The average molecular weight is 534 g/mol. The van der Waals surface area contributed by atoms with Crippen LogP contribution >= 0.6 is 24.0 Å². The Kier molecular flexibility index (Phi) is 9.00. The number of nitrogens with one attached hydrogen (secondary N) is 2. The normalized spacial score (nSPS) is 14.3. The largest absolute Gasteiger partial charge is 0.384 e. The molecule has 8 heteroatoms. The number of guanidine groups is 1. The predicted molar refractivity (Wildman–Crippen MR) is 134 cm³/mol. The van der Waals surface area contributed by atoms with E-state index < -0.39 is 5.60 Å². The fraction of sp³-hybridized carbons (Fsp3) is 0.348. The second-order valence-corrected chi connectivity index (χ2v) is 7.66. The zero-order chi connectivity index (χ0) is 21.6. The predicted octanol–water partition coefficient (Wildman–Crippen LogP) is 3.45. The first-order chi connectivity index (χ1) is 14.4. The molecule has 3 aromatic rings. The van der Waals surface area contributed by atoms with Crippen molar-refractivity contribution in [3.05, 3.63) is 83.4 Å². The van der Waals surface area contributed by atoms with Crippen LogP contribution in [0.5, 0.6) is 0 Å². The van der Waals surface area contributed by atoms with Crippen molar-refractivity contribution >= 4 is 29.9 Å². The van der Waals surface area contributed by atoms with E-state index in [0.29, 0.717) is 19.0 Å². The Balaban J connectivity index is 0.00000341. The molecule has 3 N–H and O–H groups in total. The summed E-state index contributed by atoms with van der Waals surface area (Å²) in [6, 6.07) is 19.8. The van der Waals surface area contributed by atoms with Gasteiger partial charge in [0.15, 0.2) is 11.8 Å². The number of nitrogens with zero attached hydrogens (tertiary/aromatic N) is 4. The molecule has 1 heterocycles. The molecule has 0 aliphatic carbocycles. The van der Waals surface area contributed by atoms with Crippen molar-refractivity contribution in [2.75, 3.05) is 6.54 Å². The number of aromatic nitrogens is 3. The number of aliphatic hydroxyl groups is 1. The standard InChI is InChI=1S/C23H30N6O.HI/c1-17(19-11-7-5-8-12-19)26-22(24-15-21-28-27-18(2)29(21)4)25-16-23(3,30)20-13-9-6-10-14-20;/h5-14,17,30H,15-16H2,1-4H3,(H2,24,25,26);1H. The zero-order valence-electron chi connectivity index (χ0n) is 18.4. The van der Waals surface area contributed by atoms with Gasteiger partial charge in [0.1, 0.15) is 18.0 Å². The molecule has 2 unspecified atom stereocenters. The van der Waals surface area contributed by atoms with Crippen LogP contribution in [0, 0.1) is 6.92 Å². The van der Waals surface area contributed by atoms with Gasteiger partial charge in [-0.15, -0.1) is 34.2 Å². The highest BCUT2D eigenvalue weighted by molar-refractivity contribution is 14.0. The molecular formula is C23H31IN6O. The first-order valence-electron chi connectivity index (χ1n) is 10.1. The van der Waals surface area contributed by atoms with Gasteiger partial charge in [-0.25, -0.2) is 4.99 Å². The average Bonchev–Trinajstić information content (AvgIpc) is 3.09. The molecule has 3 rings (SSSR count). The number of aryl methyl sites for hydroxylation is 1. The molecule has 0 saturated heterocycles. The lowest BCUT2D eigenvalue weighted by molar-refractivity contribution is 0.0616. The van der Waals surface area contributed by atoms with Crippen LogP contribution in [0.1, 0.15) is 42.7 Å². The molecule has 2 atom stereocenters. The summed E-state index contributed by atoms with van der Waals surface area (Å²) in [6.45, 7) is 6.46. The minimum absolute atomic E-state index is 0. The molecule has 0 spiro atoms. The molecular weight excluding hydrogens is 503 g/mol. The molecule has 31 heavy (non-hydrogen) atoms. The van der Waals surface area contributed by atoms with E-state index in [9.17, 15) is 5.11 Å². The third-order valence-electron chi connectivity index (χ3n) is 5.21. The highest BCUT2D eigenvalue weighted by Gasteiger charge is 2.23. The maximum atomic E-state index is 10.9. The lowest BCUT2D eigenvalue weighted by Crippen LogP contribution is -2.45. The Labute approximate surface area is 201 Å². The molecule has 1 aromatic heterocycles. The Hall–Kier alpha value is -2.46. The Morgan fingerprint density at radius 1 is 1.10 bits per heavy atom. The van der Waals surface area contributed by atoms with E-state index in [1.54, 1.807) is 6.92 Å². The summed E-state index contributed by atoms with van der Waals surface area (Å²) in [4.78, 5) is 4.69. The molecule has 7 nitrogen and oxygen atoms in total. The minimum Gasteiger partial charge on any atom is -0.384 e. The number of benzene rings is 2. The van der Waals surface area contributed by atoms with Gasteiger partial charge in [-0.3, -0.25) is 0 Å². The molecule has 166 valence electrons. The van der Waals surface area contributed by atoms with E-state index in [-0.39, 0.29) is 30.0 Å². The van der Waals surface area contributed by atoms with E-state index >= 15 is 0 Å². The molecule has 0 aliphatic heterocycles. The monoisotopic (exact) mass is 534 g/mol.